The number of hydrogen-bond acceptors (Lipinski definition) is 4. The third-order valence-corrected chi connectivity index (χ3v) is 1.78. The fourth-order valence-corrected chi connectivity index (χ4v) is 0.916. The Kier molecular flexibility index (Phi) is 7.20. The maximum Gasteiger partial charge on any atom is 0.336 e. The van der Waals surface area contributed by atoms with Crippen molar-refractivity contribution in [3.8, 4) is 0 Å². The first kappa shape index (κ1) is 14.6. The van der Waals surface area contributed by atoms with E-state index in [1.54, 1.807) is 6.92 Å². The Hall–Kier alpha value is -1.36. The van der Waals surface area contributed by atoms with Gasteiger partial charge in [0.25, 0.3) is 0 Å². The van der Waals surface area contributed by atoms with Crippen LogP contribution in [0.4, 0.5) is 0 Å². The van der Waals surface area contributed by atoms with Crippen molar-refractivity contribution in [2.75, 3.05) is 6.61 Å². The predicted molar refractivity (Wildman–Crippen MR) is 57.8 cm³/mol. The molecule has 0 aromatic rings. The van der Waals surface area contributed by atoms with Crippen molar-refractivity contribution < 1.29 is 24.2 Å². The Bertz CT molecular complexity index is 259. The lowest BCUT2D eigenvalue weighted by atomic mass is 10.2. The van der Waals surface area contributed by atoms with E-state index in [4.69, 9.17) is 14.6 Å². The molecule has 5 nitrogen and oxygen atoms in total. The van der Waals surface area contributed by atoms with Gasteiger partial charge in [-0.2, -0.15) is 0 Å². The zero-order chi connectivity index (χ0) is 12.6. The van der Waals surface area contributed by atoms with Crippen molar-refractivity contribution in [3.63, 3.8) is 0 Å². The number of carboxylic acid groups (broad SMARTS) is 1. The van der Waals surface area contributed by atoms with Crippen molar-refractivity contribution in [1.82, 2.24) is 0 Å². The molecule has 0 aliphatic heterocycles. The molecule has 0 radical (unpaired) electrons. The van der Waals surface area contributed by atoms with Gasteiger partial charge in [0.05, 0.1) is 13.0 Å². The molecule has 0 heterocycles. The number of carbonyl (C=O) groups excluding carboxylic acids is 1. The molecule has 0 bridgehead atoms. The van der Waals surface area contributed by atoms with E-state index in [1.165, 1.54) is 0 Å². The summed E-state index contributed by atoms with van der Waals surface area (Å²) in [5.41, 5.74) is -0.0848. The van der Waals surface area contributed by atoms with Gasteiger partial charge in [-0.25, -0.2) is 4.79 Å². The molecular formula is C11H18O5. The minimum absolute atomic E-state index is 0.0848. The highest BCUT2D eigenvalue weighted by atomic mass is 16.7. The number of ether oxygens (including phenoxy) is 2. The van der Waals surface area contributed by atoms with Crippen LogP contribution >= 0.6 is 0 Å². The molecule has 0 aliphatic rings. The fourth-order valence-electron chi connectivity index (χ4n) is 0.916. The quantitative estimate of drug-likeness (QED) is 0.297. The third-order valence-electron chi connectivity index (χ3n) is 1.78. The summed E-state index contributed by atoms with van der Waals surface area (Å²) in [4.78, 5) is 21.6. The molecular weight excluding hydrogens is 212 g/mol. The molecule has 1 atom stereocenters. The third kappa shape index (κ3) is 7.00. The fraction of sp³-hybridized carbons (Fsp3) is 0.636. The molecule has 1 N–H and O–H groups in total. The molecule has 1 unspecified atom stereocenters. The van der Waals surface area contributed by atoms with E-state index in [-0.39, 0.29) is 5.57 Å². The SMILES string of the molecule is C=C(CC(=O)O)C(=O)OC(C)OCCCC. The number of rotatable bonds is 8. The molecule has 0 aromatic heterocycles. The van der Waals surface area contributed by atoms with Gasteiger partial charge in [-0.1, -0.05) is 19.9 Å². The van der Waals surface area contributed by atoms with E-state index in [9.17, 15) is 9.59 Å². The molecule has 0 spiro atoms. The molecule has 0 amide bonds. The maximum atomic E-state index is 11.3. The van der Waals surface area contributed by atoms with Gasteiger partial charge in [-0.15, -0.1) is 0 Å². The van der Waals surface area contributed by atoms with Gasteiger partial charge >= 0.3 is 11.9 Å². The lowest BCUT2D eigenvalue weighted by Gasteiger charge is -2.14. The zero-order valence-corrected chi connectivity index (χ0v) is 9.69. The van der Waals surface area contributed by atoms with Crippen LogP contribution in [-0.4, -0.2) is 29.9 Å². The van der Waals surface area contributed by atoms with Crippen LogP contribution in [0.2, 0.25) is 0 Å². The minimum atomic E-state index is -1.11. The molecule has 0 aromatic carbocycles. The number of carbonyl (C=O) groups is 2. The first-order valence-electron chi connectivity index (χ1n) is 5.19. The number of esters is 1. The Morgan fingerprint density at radius 3 is 2.56 bits per heavy atom. The van der Waals surface area contributed by atoms with Gasteiger partial charge in [0, 0.05) is 5.57 Å². The maximum absolute atomic E-state index is 11.3. The second kappa shape index (κ2) is 7.87. The van der Waals surface area contributed by atoms with Crippen LogP contribution in [-0.2, 0) is 19.1 Å². The van der Waals surface area contributed by atoms with E-state index in [2.05, 4.69) is 6.58 Å². The average molecular weight is 230 g/mol. The van der Waals surface area contributed by atoms with E-state index in [0.29, 0.717) is 6.61 Å². The van der Waals surface area contributed by atoms with Crippen LogP contribution in [0, 0.1) is 0 Å². The van der Waals surface area contributed by atoms with Crippen LogP contribution < -0.4 is 0 Å². The summed E-state index contributed by atoms with van der Waals surface area (Å²) in [6.45, 7) is 7.45. The summed E-state index contributed by atoms with van der Waals surface area (Å²) in [6, 6.07) is 0. The van der Waals surface area contributed by atoms with Crippen LogP contribution in [0.15, 0.2) is 12.2 Å². The van der Waals surface area contributed by atoms with Crippen LogP contribution in [0.3, 0.4) is 0 Å². The van der Waals surface area contributed by atoms with E-state index in [1.807, 2.05) is 6.92 Å². The average Bonchev–Trinajstić information content (AvgIpc) is 2.16. The van der Waals surface area contributed by atoms with E-state index >= 15 is 0 Å². The topological polar surface area (TPSA) is 72.8 Å². The van der Waals surface area contributed by atoms with Crippen molar-refractivity contribution >= 4 is 11.9 Å². The lowest BCUT2D eigenvalue weighted by Crippen LogP contribution is -2.20. The minimum Gasteiger partial charge on any atom is -0.481 e. The van der Waals surface area contributed by atoms with Gasteiger partial charge in [-0.3, -0.25) is 4.79 Å². The predicted octanol–water partition coefficient (Wildman–Crippen LogP) is 1.72. The summed E-state index contributed by atoms with van der Waals surface area (Å²) in [6.07, 6.45) is 0.787. The highest BCUT2D eigenvalue weighted by molar-refractivity contribution is 5.92. The van der Waals surface area contributed by atoms with Gasteiger partial charge in [0.2, 0.25) is 0 Å². The van der Waals surface area contributed by atoms with Gasteiger partial charge in [-0.05, 0) is 13.3 Å². The summed E-state index contributed by atoms with van der Waals surface area (Å²) in [5.74, 6) is -1.84. The van der Waals surface area contributed by atoms with E-state index < -0.39 is 24.6 Å². The standard InChI is InChI=1S/C11H18O5/c1-4-5-6-15-9(3)16-11(14)8(2)7-10(12)13/h9H,2,4-7H2,1,3H3,(H,12,13). The molecule has 0 aliphatic carbocycles. The van der Waals surface area contributed by atoms with Crippen molar-refractivity contribution in [2.45, 2.75) is 39.4 Å². The largest absolute Gasteiger partial charge is 0.481 e. The second-order valence-corrected chi connectivity index (χ2v) is 3.37. The number of carboxylic acids is 1. The van der Waals surface area contributed by atoms with Gasteiger partial charge < -0.3 is 14.6 Å². The van der Waals surface area contributed by atoms with Gasteiger partial charge in [0.1, 0.15) is 0 Å². The molecule has 0 rings (SSSR count). The molecule has 0 saturated carbocycles. The summed E-state index contributed by atoms with van der Waals surface area (Å²) < 4.78 is 10.0. The first-order chi connectivity index (χ1) is 7.47. The summed E-state index contributed by atoms with van der Waals surface area (Å²) in [7, 11) is 0. The summed E-state index contributed by atoms with van der Waals surface area (Å²) in [5, 5.41) is 8.44. The molecule has 0 saturated heterocycles. The smallest absolute Gasteiger partial charge is 0.336 e. The molecule has 16 heavy (non-hydrogen) atoms. The highest BCUT2D eigenvalue weighted by Gasteiger charge is 2.15. The van der Waals surface area contributed by atoms with Crippen LogP contribution in [0.25, 0.3) is 0 Å². The Balaban J connectivity index is 3.85. The van der Waals surface area contributed by atoms with E-state index in [0.717, 1.165) is 12.8 Å². The highest BCUT2D eigenvalue weighted by Crippen LogP contribution is 2.05. The Morgan fingerprint density at radius 2 is 2.06 bits per heavy atom. The monoisotopic (exact) mass is 230 g/mol. The van der Waals surface area contributed by atoms with Crippen molar-refractivity contribution in [2.24, 2.45) is 0 Å². The number of unbranched alkanes of at least 4 members (excludes halogenated alkanes) is 1. The Labute approximate surface area is 95.0 Å². The van der Waals surface area contributed by atoms with Crippen molar-refractivity contribution in [1.29, 1.82) is 0 Å². The molecule has 92 valence electrons. The number of aliphatic carboxylic acids is 1. The normalized spacial score (nSPS) is 11.9. The summed E-state index contributed by atoms with van der Waals surface area (Å²) >= 11 is 0. The van der Waals surface area contributed by atoms with Crippen molar-refractivity contribution in [3.05, 3.63) is 12.2 Å². The van der Waals surface area contributed by atoms with Crippen LogP contribution in [0.1, 0.15) is 33.1 Å². The first-order valence-corrected chi connectivity index (χ1v) is 5.19. The zero-order valence-electron chi connectivity index (χ0n) is 9.69. The molecule has 5 heteroatoms. The lowest BCUT2D eigenvalue weighted by molar-refractivity contribution is -0.171. The van der Waals surface area contributed by atoms with Gasteiger partial charge in [0.15, 0.2) is 6.29 Å². The second-order valence-electron chi connectivity index (χ2n) is 3.37. The Morgan fingerprint density at radius 1 is 1.44 bits per heavy atom. The van der Waals surface area contributed by atoms with Crippen LogP contribution in [0.5, 0.6) is 0 Å². The number of hydrogen-bond donors (Lipinski definition) is 1. The molecule has 0 fully saturated rings.